The van der Waals surface area contributed by atoms with Crippen LogP contribution >= 0.6 is 0 Å². The highest BCUT2D eigenvalue weighted by Gasteiger charge is 2.35. The van der Waals surface area contributed by atoms with Crippen molar-refractivity contribution in [2.45, 2.75) is 31.2 Å². The molecule has 172 valence electrons. The van der Waals surface area contributed by atoms with Crippen molar-refractivity contribution >= 4 is 15.9 Å². The highest BCUT2D eigenvalue weighted by molar-refractivity contribution is 7.89. The second kappa shape index (κ2) is 9.68. The van der Waals surface area contributed by atoms with E-state index in [9.17, 15) is 17.6 Å². The first-order valence-electron chi connectivity index (χ1n) is 11.2. The number of aryl methyl sites for hydroxylation is 1. The Kier molecular flexibility index (Phi) is 6.93. The van der Waals surface area contributed by atoms with Gasteiger partial charge in [0.2, 0.25) is 15.9 Å². The number of hydrogen-bond acceptors (Lipinski definition) is 4. The van der Waals surface area contributed by atoms with Crippen molar-refractivity contribution in [3.63, 3.8) is 0 Å². The van der Waals surface area contributed by atoms with Crippen molar-refractivity contribution in [2.75, 3.05) is 39.3 Å². The molecule has 32 heavy (non-hydrogen) atoms. The quantitative estimate of drug-likeness (QED) is 0.690. The summed E-state index contributed by atoms with van der Waals surface area (Å²) in [6.45, 7) is 6.45. The molecule has 2 heterocycles. The molecule has 0 saturated carbocycles. The van der Waals surface area contributed by atoms with Gasteiger partial charge in [0.1, 0.15) is 5.82 Å². The Morgan fingerprint density at radius 2 is 1.62 bits per heavy atom. The van der Waals surface area contributed by atoms with Crippen LogP contribution in [-0.4, -0.2) is 67.7 Å². The maximum absolute atomic E-state index is 13.2. The van der Waals surface area contributed by atoms with Crippen LogP contribution in [0.1, 0.15) is 24.0 Å². The Balaban J connectivity index is 1.33. The van der Waals surface area contributed by atoms with Crippen molar-refractivity contribution in [1.82, 2.24) is 14.1 Å². The lowest BCUT2D eigenvalue weighted by atomic mass is 9.97. The average Bonchev–Trinajstić information content (AvgIpc) is 2.81. The van der Waals surface area contributed by atoms with Crippen LogP contribution in [-0.2, 0) is 21.4 Å². The number of amides is 1. The van der Waals surface area contributed by atoms with E-state index in [1.54, 1.807) is 0 Å². The zero-order valence-electron chi connectivity index (χ0n) is 18.4. The molecule has 1 atom stereocenters. The van der Waals surface area contributed by atoms with Crippen LogP contribution in [0.15, 0.2) is 53.4 Å². The molecular weight excluding hydrogens is 429 g/mol. The summed E-state index contributed by atoms with van der Waals surface area (Å²) in [6.07, 6.45) is 1.34. The molecule has 6 nitrogen and oxygen atoms in total. The summed E-state index contributed by atoms with van der Waals surface area (Å²) < 4.78 is 40.5. The van der Waals surface area contributed by atoms with Gasteiger partial charge in [0.05, 0.1) is 10.8 Å². The minimum absolute atomic E-state index is 0.0407. The van der Waals surface area contributed by atoms with Gasteiger partial charge in [-0.1, -0.05) is 29.8 Å². The average molecular weight is 460 g/mol. The van der Waals surface area contributed by atoms with Crippen LogP contribution in [0.5, 0.6) is 0 Å². The normalized spacial score (nSPS) is 20.9. The van der Waals surface area contributed by atoms with E-state index in [1.807, 2.05) is 4.90 Å². The fraction of sp³-hybridized carbons (Fsp3) is 0.458. The van der Waals surface area contributed by atoms with Gasteiger partial charge in [-0.2, -0.15) is 4.31 Å². The smallest absolute Gasteiger partial charge is 0.243 e. The van der Waals surface area contributed by atoms with E-state index in [0.29, 0.717) is 32.5 Å². The molecule has 0 unspecified atom stereocenters. The Bertz CT molecular complexity index is 1030. The summed E-state index contributed by atoms with van der Waals surface area (Å²) in [4.78, 5) is 17.4. The van der Waals surface area contributed by atoms with Crippen molar-refractivity contribution < 1.29 is 17.6 Å². The standard InChI is InChI=1S/C24H30FN3O3S/c1-19-4-6-20(7-5-19)17-26-13-15-27(16-14-26)24(29)21-3-2-12-28(18-21)32(30,31)23-10-8-22(25)9-11-23/h4-11,21H,2-3,12-18H2,1H3/t21-/m0/s1. The zero-order valence-corrected chi connectivity index (χ0v) is 19.2. The van der Waals surface area contributed by atoms with E-state index in [2.05, 4.69) is 36.1 Å². The lowest BCUT2D eigenvalue weighted by Crippen LogP contribution is -2.52. The van der Waals surface area contributed by atoms with Crippen molar-refractivity contribution in [3.8, 4) is 0 Å². The van der Waals surface area contributed by atoms with Crippen LogP contribution in [0.25, 0.3) is 0 Å². The highest BCUT2D eigenvalue weighted by Crippen LogP contribution is 2.25. The largest absolute Gasteiger partial charge is 0.340 e. The molecule has 0 aromatic heterocycles. The molecule has 2 aliphatic rings. The summed E-state index contributed by atoms with van der Waals surface area (Å²) >= 11 is 0. The fourth-order valence-electron chi connectivity index (χ4n) is 4.45. The number of sulfonamides is 1. The van der Waals surface area contributed by atoms with Crippen LogP contribution in [0.4, 0.5) is 4.39 Å². The second-order valence-corrected chi connectivity index (χ2v) is 10.7. The first-order chi connectivity index (χ1) is 15.3. The molecule has 0 bridgehead atoms. The van der Waals surface area contributed by atoms with Gasteiger partial charge < -0.3 is 4.90 Å². The number of halogens is 1. The van der Waals surface area contributed by atoms with E-state index in [4.69, 9.17) is 0 Å². The third-order valence-electron chi connectivity index (χ3n) is 6.40. The fourth-order valence-corrected chi connectivity index (χ4v) is 5.98. The molecular formula is C24H30FN3O3S. The molecule has 0 spiro atoms. The predicted octanol–water partition coefficient (Wildman–Crippen LogP) is 2.88. The summed E-state index contributed by atoms with van der Waals surface area (Å²) in [6, 6.07) is 13.4. The van der Waals surface area contributed by atoms with Gasteiger partial charge in [0, 0.05) is 45.8 Å². The lowest BCUT2D eigenvalue weighted by molar-refractivity contribution is -0.138. The minimum Gasteiger partial charge on any atom is -0.340 e. The molecule has 2 aliphatic heterocycles. The van der Waals surface area contributed by atoms with Crippen molar-refractivity contribution in [2.24, 2.45) is 5.92 Å². The number of carbonyl (C=O) groups is 1. The monoisotopic (exact) mass is 459 g/mol. The van der Waals surface area contributed by atoms with Crippen molar-refractivity contribution in [1.29, 1.82) is 0 Å². The number of piperidine rings is 1. The maximum atomic E-state index is 13.2. The zero-order chi connectivity index (χ0) is 22.7. The number of rotatable bonds is 5. The first kappa shape index (κ1) is 22.9. The predicted molar refractivity (Wildman–Crippen MR) is 121 cm³/mol. The molecule has 8 heteroatoms. The van der Waals surface area contributed by atoms with Crippen LogP contribution in [0.2, 0.25) is 0 Å². The summed E-state index contributed by atoms with van der Waals surface area (Å²) in [7, 11) is -3.73. The highest BCUT2D eigenvalue weighted by atomic mass is 32.2. The Morgan fingerprint density at radius 1 is 0.969 bits per heavy atom. The molecule has 4 rings (SSSR count). The molecule has 2 saturated heterocycles. The van der Waals surface area contributed by atoms with E-state index in [-0.39, 0.29) is 23.3 Å². The number of nitrogens with zero attached hydrogens (tertiary/aromatic N) is 3. The van der Waals surface area contributed by atoms with Gasteiger partial charge >= 0.3 is 0 Å². The third-order valence-corrected chi connectivity index (χ3v) is 8.27. The van der Waals surface area contributed by atoms with Gasteiger partial charge in [-0.3, -0.25) is 9.69 Å². The topological polar surface area (TPSA) is 60.9 Å². The van der Waals surface area contributed by atoms with Gasteiger partial charge in [0.15, 0.2) is 0 Å². The van der Waals surface area contributed by atoms with Crippen LogP contribution in [0, 0.1) is 18.7 Å². The van der Waals surface area contributed by atoms with Crippen LogP contribution in [0.3, 0.4) is 0 Å². The first-order valence-corrected chi connectivity index (χ1v) is 12.6. The van der Waals surface area contributed by atoms with E-state index in [0.717, 1.165) is 31.8 Å². The summed E-state index contributed by atoms with van der Waals surface area (Å²) in [5, 5.41) is 0. The summed E-state index contributed by atoms with van der Waals surface area (Å²) in [5.41, 5.74) is 2.51. The molecule has 2 fully saturated rings. The molecule has 0 N–H and O–H groups in total. The third kappa shape index (κ3) is 5.19. The van der Waals surface area contributed by atoms with Gasteiger partial charge in [-0.05, 0) is 49.6 Å². The van der Waals surface area contributed by atoms with E-state index in [1.165, 1.54) is 27.6 Å². The second-order valence-electron chi connectivity index (χ2n) is 8.74. The molecule has 2 aromatic rings. The molecule has 1 amide bonds. The summed E-state index contributed by atoms with van der Waals surface area (Å²) in [5.74, 6) is -0.765. The van der Waals surface area contributed by atoms with Gasteiger partial charge in [-0.15, -0.1) is 0 Å². The molecule has 2 aromatic carbocycles. The van der Waals surface area contributed by atoms with Gasteiger partial charge in [-0.25, -0.2) is 12.8 Å². The van der Waals surface area contributed by atoms with E-state index < -0.39 is 15.8 Å². The lowest BCUT2D eigenvalue weighted by Gasteiger charge is -2.38. The van der Waals surface area contributed by atoms with Crippen molar-refractivity contribution in [3.05, 3.63) is 65.5 Å². The number of carbonyl (C=O) groups excluding carboxylic acids is 1. The minimum atomic E-state index is -3.73. The van der Waals surface area contributed by atoms with E-state index >= 15 is 0 Å². The number of hydrogen-bond donors (Lipinski definition) is 0. The molecule has 0 radical (unpaired) electrons. The van der Waals surface area contributed by atoms with Crippen LogP contribution < -0.4 is 0 Å². The number of piperazine rings is 1. The Labute approximate surface area is 189 Å². The van der Waals surface area contributed by atoms with Gasteiger partial charge in [0.25, 0.3) is 0 Å². The maximum Gasteiger partial charge on any atom is 0.243 e. The SMILES string of the molecule is Cc1ccc(CN2CCN(C(=O)[C@H]3CCCN(S(=O)(=O)c4ccc(F)cc4)C3)CC2)cc1. The number of benzene rings is 2. The Morgan fingerprint density at radius 3 is 2.28 bits per heavy atom. The molecule has 0 aliphatic carbocycles. The Hall–Kier alpha value is -2.29.